The Balaban J connectivity index is 2.83. The molecule has 0 aromatic heterocycles. The molecule has 1 rings (SSSR count). The number of phenols is 1. The van der Waals surface area contributed by atoms with E-state index in [2.05, 4.69) is 0 Å². The maximum atomic E-state index is 9.48. The maximum Gasteiger partial charge on any atom is 0.119 e. The zero-order valence-electron chi connectivity index (χ0n) is 8.10. The summed E-state index contributed by atoms with van der Waals surface area (Å²) in [4.78, 5) is 0. The number of benzene rings is 1. The van der Waals surface area contributed by atoms with Crippen LogP contribution in [0.4, 0.5) is 0 Å². The summed E-state index contributed by atoms with van der Waals surface area (Å²) in [5.74, 6) is 0.845. The molecule has 0 aliphatic heterocycles. The molecule has 0 radical (unpaired) electrons. The van der Waals surface area contributed by atoms with Crippen LogP contribution < -0.4 is 10.5 Å². The third kappa shape index (κ3) is 2.61. The van der Waals surface area contributed by atoms with Crippen molar-refractivity contribution >= 4 is 0 Å². The van der Waals surface area contributed by atoms with Crippen LogP contribution in [0.25, 0.3) is 0 Å². The zero-order chi connectivity index (χ0) is 10.6. The first-order valence-corrected chi connectivity index (χ1v) is 4.39. The summed E-state index contributed by atoms with van der Waals surface area (Å²) in [6.07, 6.45) is 0.430. The van der Waals surface area contributed by atoms with Gasteiger partial charge in [-0.1, -0.05) is 0 Å². The summed E-state index contributed by atoms with van der Waals surface area (Å²) in [7, 11) is 1.56. The minimum atomic E-state index is -0.354. The number of aliphatic hydroxyl groups is 1. The van der Waals surface area contributed by atoms with Gasteiger partial charge in [-0.2, -0.15) is 0 Å². The van der Waals surface area contributed by atoms with Crippen LogP contribution in [0.2, 0.25) is 0 Å². The molecule has 0 amide bonds. The average molecular weight is 197 g/mol. The van der Waals surface area contributed by atoms with Crippen LogP contribution in [0.15, 0.2) is 18.2 Å². The Kier molecular flexibility index (Phi) is 3.73. The van der Waals surface area contributed by atoms with E-state index in [9.17, 15) is 5.11 Å². The van der Waals surface area contributed by atoms with Crippen LogP contribution in [0.5, 0.6) is 11.5 Å². The third-order valence-corrected chi connectivity index (χ3v) is 2.00. The first kappa shape index (κ1) is 10.8. The topological polar surface area (TPSA) is 75.7 Å². The van der Waals surface area contributed by atoms with Gasteiger partial charge in [0.15, 0.2) is 0 Å². The van der Waals surface area contributed by atoms with Crippen LogP contribution in [0.1, 0.15) is 5.56 Å². The van der Waals surface area contributed by atoms with Gasteiger partial charge in [0, 0.05) is 6.04 Å². The number of ether oxygens (including phenoxy) is 1. The zero-order valence-corrected chi connectivity index (χ0v) is 8.10. The van der Waals surface area contributed by atoms with Crippen molar-refractivity contribution in [1.82, 2.24) is 0 Å². The van der Waals surface area contributed by atoms with Gasteiger partial charge < -0.3 is 20.7 Å². The minimum absolute atomic E-state index is 0.101. The van der Waals surface area contributed by atoms with E-state index < -0.39 is 0 Å². The van der Waals surface area contributed by atoms with E-state index >= 15 is 0 Å². The Labute approximate surface area is 82.9 Å². The Morgan fingerprint density at radius 3 is 2.79 bits per heavy atom. The normalized spacial score (nSPS) is 12.5. The molecule has 1 aromatic carbocycles. The SMILES string of the molecule is COc1ccc(O)c(CC(N)CO)c1. The van der Waals surface area contributed by atoms with E-state index in [1.54, 1.807) is 25.3 Å². The van der Waals surface area contributed by atoms with Crippen molar-refractivity contribution in [3.05, 3.63) is 23.8 Å². The monoisotopic (exact) mass is 197 g/mol. The fraction of sp³-hybridized carbons (Fsp3) is 0.400. The first-order chi connectivity index (χ1) is 6.67. The second kappa shape index (κ2) is 4.83. The van der Waals surface area contributed by atoms with Crippen molar-refractivity contribution in [3.8, 4) is 11.5 Å². The molecular formula is C10H15NO3. The smallest absolute Gasteiger partial charge is 0.119 e. The standard InChI is InChI=1S/C10H15NO3/c1-14-9-2-3-10(13)7(5-9)4-8(11)6-12/h2-3,5,8,12-13H,4,6,11H2,1H3. The van der Waals surface area contributed by atoms with Gasteiger partial charge in [0.2, 0.25) is 0 Å². The van der Waals surface area contributed by atoms with Gasteiger partial charge in [-0.15, -0.1) is 0 Å². The van der Waals surface area contributed by atoms with Crippen LogP contribution in [-0.2, 0) is 6.42 Å². The molecule has 0 spiro atoms. The lowest BCUT2D eigenvalue weighted by atomic mass is 10.1. The van der Waals surface area contributed by atoms with Gasteiger partial charge >= 0.3 is 0 Å². The van der Waals surface area contributed by atoms with E-state index in [4.69, 9.17) is 15.6 Å². The van der Waals surface area contributed by atoms with Gasteiger partial charge in [-0.25, -0.2) is 0 Å². The fourth-order valence-corrected chi connectivity index (χ4v) is 1.20. The van der Waals surface area contributed by atoms with Crippen LogP contribution in [0.3, 0.4) is 0 Å². The van der Waals surface area contributed by atoms with E-state index in [1.165, 1.54) is 0 Å². The summed E-state index contributed by atoms with van der Waals surface area (Å²) < 4.78 is 5.01. The fourth-order valence-electron chi connectivity index (χ4n) is 1.20. The highest BCUT2D eigenvalue weighted by molar-refractivity contribution is 5.39. The van der Waals surface area contributed by atoms with E-state index in [0.29, 0.717) is 17.7 Å². The minimum Gasteiger partial charge on any atom is -0.508 e. The van der Waals surface area contributed by atoms with Crippen molar-refractivity contribution in [3.63, 3.8) is 0 Å². The molecule has 14 heavy (non-hydrogen) atoms. The molecule has 0 saturated heterocycles. The second-order valence-electron chi connectivity index (χ2n) is 3.14. The molecule has 0 aliphatic rings. The number of hydrogen-bond donors (Lipinski definition) is 3. The summed E-state index contributed by atoms with van der Waals surface area (Å²) in [5.41, 5.74) is 6.25. The summed E-state index contributed by atoms with van der Waals surface area (Å²) >= 11 is 0. The maximum absolute atomic E-state index is 9.48. The Bertz CT molecular complexity index is 301. The lowest BCUT2D eigenvalue weighted by molar-refractivity contribution is 0.264. The van der Waals surface area contributed by atoms with Crippen LogP contribution >= 0.6 is 0 Å². The van der Waals surface area contributed by atoms with Crippen LogP contribution in [-0.4, -0.2) is 30.0 Å². The van der Waals surface area contributed by atoms with Gasteiger partial charge in [-0.05, 0) is 30.2 Å². The predicted octanol–water partition coefficient (Wildman–Crippen LogP) is 0.263. The molecule has 0 heterocycles. The molecule has 0 saturated carbocycles. The first-order valence-electron chi connectivity index (χ1n) is 4.39. The quantitative estimate of drug-likeness (QED) is 0.647. The van der Waals surface area contributed by atoms with E-state index in [1.807, 2.05) is 0 Å². The number of aromatic hydroxyl groups is 1. The number of phenolic OH excluding ortho intramolecular Hbond substituents is 1. The average Bonchev–Trinajstić information content (AvgIpc) is 2.21. The van der Waals surface area contributed by atoms with Crippen molar-refractivity contribution in [2.45, 2.75) is 12.5 Å². The van der Waals surface area contributed by atoms with Gasteiger partial charge in [0.1, 0.15) is 11.5 Å². The third-order valence-electron chi connectivity index (χ3n) is 2.00. The molecular weight excluding hydrogens is 182 g/mol. The van der Waals surface area contributed by atoms with Crippen LogP contribution in [0, 0.1) is 0 Å². The molecule has 1 unspecified atom stereocenters. The van der Waals surface area contributed by atoms with Gasteiger partial charge in [-0.3, -0.25) is 0 Å². The largest absolute Gasteiger partial charge is 0.508 e. The summed E-state index contributed by atoms with van der Waals surface area (Å²) in [6.45, 7) is -0.101. The van der Waals surface area contributed by atoms with Crippen molar-refractivity contribution in [2.75, 3.05) is 13.7 Å². The van der Waals surface area contributed by atoms with Gasteiger partial charge in [0.25, 0.3) is 0 Å². The van der Waals surface area contributed by atoms with Gasteiger partial charge in [0.05, 0.1) is 13.7 Å². The Morgan fingerprint density at radius 2 is 2.21 bits per heavy atom. The lowest BCUT2D eigenvalue weighted by Gasteiger charge is -2.10. The number of rotatable bonds is 4. The molecule has 4 N–H and O–H groups in total. The molecule has 78 valence electrons. The predicted molar refractivity (Wildman–Crippen MR) is 53.4 cm³/mol. The molecule has 1 atom stereocenters. The number of hydrogen-bond acceptors (Lipinski definition) is 4. The highest BCUT2D eigenvalue weighted by Crippen LogP contribution is 2.23. The number of nitrogens with two attached hydrogens (primary N) is 1. The molecule has 4 nitrogen and oxygen atoms in total. The molecule has 1 aromatic rings. The van der Waals surface area contributed by atoms with E-state index in [0.717, 1.165) is 0 Å². The molecule has 4 heteroatoms. The number of aliphatic hydroxyl groups excluding tert-OH is 1. The molecule has 0 bridgehead atoms. The lowest BCUT2D eigenvalue weighted by Crippen LogP contribution is -2.26. The highest BCUT2D eigenvalue weighted by atomic mass is 16.5. The summed E-state index contributed by atoms with van der Waals surface area (Å²) in [6, 6.07) is 4.58. The number of methoxy groups -OCH3 is 1. The van der Waals surface area contributed by atoms with Crippen molar-refractivity contribution in [2.24, 2.45) is 5.73 Å². The Hall–Kier alpha value is -1.26. The highest BCUT2D eigenvalue weighted by Gasteiger charge is 2.07. The van der Waals surface area contributed by atoms with Crippen molar-refractivity contribution < 1.29 is 14.9 Å². The molecule has 0 aliphatic carbocycles. The van der Waals surface area contributed by atoms with Crippen molar-refractivity contribution in [1.29, 1.82) is 0 Å². The summed E-state index contributed by atoms with van der Waals surface area (Å²) in [5, 5.41) is 18.3. The van der Waals surface area contributed by atoms with E-state index in [-0.39, 0.29) is 18.4 Å². The second-order valence-corrected chi connectivity index (χ2v) is 3.14. The Morgan fingerprint density at radius 1 is 1.50 bits per heavy atom. The molecule has 0 fully saturated rings.